The summed E-state index contributed by atoms with van der Waals surface area (Å²) in [5, 5.41) is 3.42. The lowest BCUT2D eigenvalue weighted by molar-refractivity contribution is 0.771. The van der Waals surface area contributed by atoms with Gasteiger partial charge in [-0.1, -0.05) is 66.7 Å². The van der Waals surface area contributed by atoms with Gasteiger partial charge in [0.1, 0.15) is 0 Å². The normalized spacial score (nSPS) is 12.5. The molecule has 1 N–H and O–H groups in total. The lowest BCUT2D eigenvalue weighted by Gasteiger charge is -2.11. The van der Waals surface area contributed by atoms with Gasteiger partial charge in [-0.3, -0.25) is 0 Å². The van der Waals surface area contributed by atoms with E-state index in [9.17, 15) is 0 Å². The van der Waals surface area contributed by atoms with Crippen LogP contribution in [0.15, 0.2) is 85.6 Å². The first kappa shape index (κ1) is 19.1. The number of anilines is 1. The molecule has 1 aliphatic rings. The Balaban J connectivity index is 1.31. The zero-order valence-electron chi connectivity index (χ0n) is 17.3. The molecule has 0 radical (unpaired) electrons. The van der Waals surface area contributed by atoms with Crippen molar-refractivity contribution in [3.8, 4) is 0 Å². The average molecular weight is 381 g/mol. The van der Waals surface area contributed by atoms with Gasteiger partial charge < -0.3 is 10.2 Å². The zero-order chi connectivity index (χ0) is 20.2. The van der Waals surface area contributed by atoms with Crippen molar-refractivity contribution >= 4 is 17.1 Å². The van der Waals surface area contributed by atoms with E-state index in [-0.39, 0.29) is 0 Å². The Hall–Kier alpha value is -3.26. The molecule has 2 nitrogen and oxygen atoms in total. The third-order valence-corrected chi connectivity index (χ3v) is 5.45. The minimum Gasteiger partial charge on any atom is -0.356 e. The predicted octanol–water partition coefficient (Wildman–Crippen LogP) is 6.50. The van der Waals surface area contributed by atoms with E-state index in [4.69, 9.17) is 0 Å². The highest BCUT2D eigenvalue weighted by Crippen LogP contribution is 2.32. The van der Waals surface area contributed by atoms with E-state index in [2.05, 4.69) is 110 Å². The molecule has 0 atom stereocenters. The van der Waals surface area contributed by atoms with Crippen LogP contribution < -0.4 is 5.32 Å². The Morgan fingerprint density at radius 2 is 1.69 bits per heavy atom. The number of hydrogen-bond donors (Lipinski definition) is 1. The lowest BCUT2D eigenvalue weighted by atomic mass is 9.99. The van der Waals surface area contributed by atoms with Gasteiger partial charge in [-0.05, 0) is 61.1 Å². The number of nitrogens with zero attached hydrogens (tertiary/aromatic N) is 1. The maximum Gasteiger partial charge on any atom is 0.0645 e. The fourth-order valence-electron chi connectivity index (χ4n) is 3.72. The Labute approximate surface area is 174 Å². The van der Waals surface area contributed by atoms with Gasteiger partial charge in [0.15, 0.2) is 0 Å². The molecule has 3 aromatic rings. The molecule has 0 aliphatic carbocycles. The molecule has 1 heterocycles. The Bertz CT molecular complexity index is 1040. The highest BCUT2D eigenvalue weighted by Gasteiger charge is 2.19. The van der Waals surface area contributed by atoms with Crippen molar-refractivity contribution in [2.24, 2.45) is 0 Å². The molecule has 3 aromatic carbocycles. The van der Waals surface area contributed by atoms with Gasteiger partial charge in [0.05, 0.1) is 5.70 Å². The van der Waals surface area contributed by atoms with E-state index in [0.29, 0.717) is 0 Å². The van der Waals surface area contributed by atoms with Crippen LogP contribution in [0.4, 0.5) is 5.69 Å². The van der Waals surface area contributed by atoms with Crippen LogP contribution >= 0.6 is 0 Å². The maximum atomic E-state index is 4.18. The van der Waals surface area contributed by atoms with Gasteiger partial charge in [0.2, 0.25) is 0 Å². The van der Waals surface area contributed by atoms with Crippen molar-refractivity contribution in [3.63, 3.8) is 0 Å². The number of benzene rings is 3. The minimum atomic E-state index is 0.928. The summed E-state index contributed by atoms with van der Waals surface area (Å²) in [5.74, 6) is 0. The molecule has 0 spiro atoms. The maximum absolute atomic E-state index is 4.18. The largest absolute Gasteiger partial charge is 0.356 e. The van der Waals surface area contributed by atoms with Crippen LogP contribution in [0.25, 0.3) is 11.4 Å². The molecule has 0 saturated heterocycles. The predicted molar refractivity (Wildman–Crippen MR) is 124 cm³/mol. The van der Waals surface area contributed by atoms with Crippen molar-refractivity contribution in [1.82, 2.24) is 4.90 Å². The van der Waals surface area contributed by atoms with E-state index in [1.54, 1.807) is 0 Å². The van der Waals surface area contributed by atoms with Gasteiger partial charge in [-0.15, -0.1) is 0 Å². The van der Waals surface area contributed by atoms with E-state index in [1.165, 1.54) is 28.0 Å². The molecule has 1 aliphatic heterocycles. The first-order valence-corrected chi connectivity index (χ1v) is 10.2. The van der Waals surface area contributed by atoms with E-state index < -0.39 is 0 Å². The number of hydrogen-bond acceptors (Lipinski definition) is 2. The molecule has 0 saturated carbocycles. The molecule has 4 rings (SSSR count). The molecule has 29 heavy (non-hydrogen) atoms. The topological polar surface area (TPSA) is 15.0 Å². The minimum absolute atomic E-state index is 0.928. The quantitative estimate of drug-likeness (QED) is 0.480. The number of aryl methyl sites for hydroxylation is 3. The first-order chi connectivity index (χ1) is 14.1. The highest BCUT2D eigenvalue weighted by molar-refractivity contribution is 5.76. The summed E-state index contributed by atoms with van der Waals surface area (Å²) in [6.07, 6.45) is 5.53. The summed E-state index contributed by atoms with van der Waals surface area (Å²) in [6.45, 7) is 6.28. The molecular weight excluding hydrogens is 352 g/mol. The van der Waals surface area contributed by atoms with Crippen molar-refractivity contribution < 1.29 is 0 Å². The van der Waals surface area contributed by atoms with Crippen LogP contribution in [-0.2, 0) is 12.8 Å². The Kier molecular flexibility index (Phi) is 5.53. The SMILES string of the molecule is C=C(Nc1ccc(CCCc2ccccc2C2=CN2C)cc1)c1cccc(C)c1. The van der Waals surface area contributed by atoms with Crippen LogP contribution in [0.1, 0.15) is 34.2 Å². The van der Waals surface area contributed by atoms with Crippen LogP contribution in [0.3, 0.4) is 0 Å². The van der Waals surface area contributed by atoms with Gasteiger partial charge in [-0.25, -0.2) is 0 Å². The monoisotopic (exact) mass is 380 g/mol. The van der Waals surface area contributed by atoms with E-state index in [0.717, 1.165) is 36.2 Å². The summed E-state index contributed by atoms with van der Waals surface area (Å²) in [7, 11) is 2.11. The third-order valence-electron chi connectivity index (χ3n) is 5.45. The van der Waals surface area contributed by atoms with Crippen molar-refractivity contribution in [2.45, 2.75) is 26.2 Å². The van der Waals surface area contributed by atoms with Gasteiger partial charge in [-0.2, -0.15) is 0 Å². The lowest BCUT2D eigenvalue weighted by Crippen LogP contribution is -1.98. The molecule has 0 aromatic heterocycles. The first-order valence-electron chi connectivity index (χ1n) is 10.2. The summed E-state index contributed by atoms with van der Waals surface area (Å²) in [5.41, 5.74) is 9.92. The van der Waals surface area contributed by atoms with Crippen LogP contribution in [0.5, 0.6) is 0 Å². The third kappa shape index (κ3) is 4.78. The van der Waals surface area contributed by atoms with Gasteiger partial charge in [0, 0.05) is 30.2 Å². The second-order valence-electron chi connectivity index (χ2n) is 7.81. The molecule has 0 fully saturated rings. The van der Waals surface area contributed by atoms with Crippen LogP contribution in [0, 0.1) is 6.92 Å². The molecule has 0 amide bonds. The summed E-state index contributed by atoms with van der Waals surface area (Å²) < 4.78 is 0. The summed E-state index contributed by atoms with van der Waals surface area (Å²) in [6, 6.07) is 25.9. The van der Waals surface area contributed by atoms with E-state index in [1.807, 2.05) is 0 Å². The number of nitrogens with one attached hydrogen (secondary N) is 1. The average Bonchev–Trinajstić information content (AvgIpc) is 3.46. The van der Waals surface area contributed by atoms with Crippen molar-refractivity contribution in [2.75, 3.05) is 12.4 Å². The Morgan fingerprint density at radius 1 is 0.931 bits per heavy atom. The van der Waals surface area contributed by atoms with Crippen molar-refractivity contribution in [3.05, 3.63) is 113 Å². The molecule has 2 heteroatoms. The second-order valence-corrected chi connectivity index (χ2v) is 7.81. The van der Waals surface area contributed by atoms with Crippen LogP contribution in [-0.4, -0.2) is 11.9 Å². The van der Waals surface area contributed by atoms with Gasteiger partial charge >= 0.3 is 0 Å². The number of rotatable bonds is 8. The fourth-order valence-corrected chi connectivity index (χ4v) is 3.72. The zero-order valence-corrected chi connectivity index (χ0v) is 17.3. The van der Waals surface area contributed by atoms with E-state index >= 15 is 0 Å². The highest BCUT2D eigenvalue weighted by atomic mass is 15.2. The molecule has 146 valence electrons. The smallest absolute Gasteiger partial charge is 0.0645 e. The van der Waals surface area contributed by atoms with Crippen molar-refractivity contribution in [1.29, 1.82) is 0 Å². The van der Waals surface area contributed by atoms with Gasteiger partial charge in [0.25, 0.3) is 0 Å². The Morgan fingerprint density at radius 3 is 2.41 bits per heavy atom. The second kappa shape index (κ2) is 8.40. The molecule has 0 bridgehead atoms. The standard InChI is InChI=1S/C27H28N2/c1-20-8-6-12-24(18-20)21(2)28-25-16-14-22(15-17-25)9-7-11-23-10-4-5-13-26(23)27-19-29(27)3/h4-6,8,10,12-19,28H,2,7,9,11H2,1,3H3. The molecular formula is C27H28N2. The summed E-state index contributed by atoms with van der Waals surface area (Å²) in [4.78, 5) is 2.19. The molecule has 0 unspecified atom stereocenters. The van der Waals surface area contributed by atoms with Crippen LogP contribution in [0.2, 0.25) is 0 Å². The fraction of sp³-hybridized carbons (Fsp3) is 0.185. The summed E-state index contributed by atoms with van der Waals surface area (Å²) >= 11 is 0.